The van der Waals surface area contributed by atoms with Gasteiger partial charge in [0.25, 0.3) is 0 Å². The summed E-state index contributed by atoms with van der Waals surface area (Å²) < 4.78 is 24.2. The number of carbonyl (C=O) groups is 3. The minimum atomic E-state index is -1.24. The van der Waals surface area contributed by atoms with E-state index in [-0.39, 0.29) is 18.8 Å². The molecule has 0 saturated carbocycles. The molecule has 0 bridgehead atoms. The highest BCUT2D eigenvalue weighted by atomic mass is 79.9. The van der Waals surface area contributed by atoms with Gasteiger partial charge in [0.05, 0.1) is 29.1 Å². The molecule has 2 atom stereocenters. The molecule has 1 aromatic heterocycles. The van der Waals surface area contributed by atoms with Crippen molar-refractivity contribution in [3.05, 3.63) is 34.8 Å². The lowest BCUT2D eigenvalue weighted by Gasteiger charge is -2.31. The van der Waals surface area contributed by atoms with Crippen LogP contribution in [0.2, 0.25) is 0 Å². The molecule has 29 heavy (non-hydrogen) atoms. The fraction of sp³-hybridized carbons (Fsp3) is 0.450. The van der Waals surface area contributed by atoms with E-state index in [2.05, 4.69) is 20.9 Å². The number of fused-ring (bicyclic) bond motifs is 3. The molecule has 3 rings (SSSR count). The molecule has 0 aliphatic heterocycles. The van der Waals surface area contributed by atoms with E-state index in [4.69, 9.17) is 9.47 Å². The molecule has 1 aliphatic rings. The summed E-state index contributed by atoms with van der Waals surface area (Å²) in [5.41, 5.74) is 1.55. The number of esters is 2. The molecule has 1 aliphatic carbocycles. The number of H-pyrrole nitrogens is 1. The third kappa shape index (κ3) is 3.88. The summed E-state index contributed by atoms with van der Waals surface area (Å²) in [6.45, 7) is 3.58. The zero-order valence-corrected chi connectivity index (χ0v) is 17.5. The number of rotatable bonds is 6. The lowest BCUT2D eigenvalue weighted by Crippen LogP contribution is -2.38. The monoisotopic (exact) mass is 469 g/mol. The number of nitrogens with one attached hydrogen (secondary N) is 1. The molecular weight excluding hydrogens is 449 g/mol. The quantitative estimate of drug-likeness (QED) is 0.379. The topological polar surface area (TPSA) is 106 Å². The highest BCUT2D eigenvalue weighted by molar-refractivity contribution is 9.09. The van der Waals surface area contributed by atoms with Gasteiger partial charge in [-0.2, -0.15) is 0 Å². The molecule has 0 saturated heterocycles. The smallest absolute Gasteiger partial charge is 0.337 e. The Morgan fingerprint density at radius 1 is 1.24 bits per heavy atom. The second-order valence-corrected chi connectivity index (χ2v) is 7.77. The molecule has 1 aromatic carbocycles. The highest BCUT2D eigenvalue weighted by Gasteiger charge is 2.44. The van der Waals surface area contributed by atoms with Gasteiger partial charge in [0, 0.05) is 17.0 Å². The van der Waals surface area contributed by atoms with Crippen LogP contribution in [0.3, 0.4) is 0 Å². The third-order valence-corrected chi connectivity index (χ3v) is 6.27. The minimum absolute atomic E-state index is 0.132. The molecule has 0 spiro atoms. The Bertz CT molecular complexity index is 954. The molecule has 0 amide bonds. The summed E-state index contributed by atoms with van der Waals surface area (Å²) >= 11 is 3.56. The molecule has 2 N–H and O–H groups in total. The number of hydrogen-bond acceptors (Lipinski definition) is 5. The van der Waals surface area contributed by atoms with Crippen molar-refractivity contribution in [2.24, 2.45) is 11.8 Å². The van der Waals surface area contributed by atoms with Gasteiger partial charge >= 0.3 is 17.9 Å². The second kappa shape index (κ2) is 8.52. The van der Waals surface area contributed by atoms with Crippen LogP contribution in [-0.4, -0.2) is 41.2 Å². The van der Waals surface area contributed by atoms with Crippen LogP contribution in [0.4, 0.5) is 4.39 Å². The van der Waals surface area contributed by atoms with Gasteiger partial charge in [0.15, 0.2) is 5.92 Å². The minimum Gasteiger partial charge on any atom is -0.478 e. The zero-order valence-electron chi connectivity index (χ0n) is 16.0. The Labute approximate surface area is 174 Å². The summed E-state index contributed by atoms with van der Waals surface area (Å²) in [5.74, 6) is -4.77. The van der Waals surface area contributed by atoms with Crippen molar-refractivity contribution in [3.8, 4) is 0 Å². The molecule has 2 unspecified atom stereocenters. The molecule has 156 valence electrons. The van der Waals surface area contributed by atoms with E-state index in [1.165, 1.54) is 6.07 Å². The number of carbonyl (C=O) groups excluding carboxylic acids is 2. The van der Waals surface area contributed by atoms with Crippen molar-refractivity contribution < 1.29 is 33.4 Å². The Morgan fingerprint density at radius 3 is 2.41 bits per heavy atom. The van der Waals surface area contributed by atoms with Gasteiger partial charge in [-0.3, -0.25) is 9.59 Å². The van der Waals surface area contributed by atoms with E-state index < -0.39 is 40.4 Å². The number of carboxylic acids is 1. The van der Waals surface area contributed by atoms with Crippen LogP contribution in [0.15, 0.2) is 12.1 Å². The number of benzene rings is 1. The van der Waals surface area contributed by atoms with Crippen molar-refractivity contribution in [2.45, 2.75) is 31.5 Å². The maximum atomic E-state index is 14.0. The van der Waals surface area contributed by atoms with Crippen molar-refractivity contribution in [1.29, 1.82) is 0 Å². The normalized spacial score (nSPS) is 18.5. The van der Waals surface area contributed by atoms with Gasteiger partial charge in [-0.15, -0.1) is 0 Å². The highest BCUT2D eigenvalue weighted by Crippen LogP contribution is 2.47. The number of carboxylic acid groups (broad SMARTS) is 1. The predicted octanol–water partition coefficient (Wildman–Crippen LogP) is 3.75. The maximum Gasteiger partial charge on any atom is 0.337 e. The molecule has 7 nitrogen and oxygen atoms in total. The summed E-state index contributed by atoms with van der Waals surface area (Å²) in [6.07, 6.45) is 0.886. The molecule has 1 heterocycles. The fourth-order valence-electron chi connectivity index (χ4n) is 3.93. The van der Waals surface area contributed by atoms with E-state index >= 15 is 0 Å². The zero-order chi connectivity index (χ0) is 21.3. The third-order valence-electron chi connectivity index (χ3n) is 5.13. The van der Waals surface area contributed by atoms with Crippen LogP contribution < -0.4 is 0 Å². The first-order chi connectivity index (χ1) is 13.8. The van der Waals surface area contributed by atoms with Gasteiger partial charge < -0.3 is 19.6 Å². The number of hydrogen-bond donors (Lipinski definition) is 2. The van der Waals surface area contributed by atoms with Crippen LogP contribution >= 0.6 is 15.9 Å². The Hall–Kier alpha value is -2.42. The van der Waals surface area contributed by atoms with Crippen molar-refractivity contribution >= 4 is 44.7 Å². The summed E-state index contributed by atoms with van der Waals surface area (Å²) in [4.78, 5) is 39.1. The first-order valence-corrected chi connectivity index (χ1v) is 10.3. The summed E-state index contributed by atoms with van der Waals surface area (Å²) in [5, 5.41) is 9.91. The molecule has 9 heteroatoms. The van der Waals surface area contributed by atoms with Crippen LogP contribution in [0.5, 0.6) is 0 Å². The van der Waals surface area contributed by atoms with E-state index in [1.54, 1.807) is 13.8 Å². The van der Waals surface area contributed by atoms with Gasteiger partial charge in [-0.05, 0) is 44.4 Å². The van der Waals surface area contributed by atoms with Crippen LogP contribution in [0, 0.1) is 17.7 Å². The number of aromatic amines is 1. The Balaban J connectivity index is 2.06. The van der Waals surface area contributed by atoms with Crippen LogP contribution in [0.1, 0.15) is 46.7 Å². The number of halogens is 2. The van der Waals surface area contributed by atoms with E-state index in [0.717, 1.165) is 11.6 Å². The van der Waals surface area contributed by atoms with Gasteiger partial charge in [-0.25, -0.2) is 9.18 Å². The van der Waals surface area contributed by atoms with E-state index in [9.17, 15) is 23.9 Å². The summed E-state index contributed by atoms with van der Waals surface area (Å²) in [7, 11) is 0. The molecule has 0 fully saturated rings. The van der Waals surface area contributed by atoms with Gasteiger partial charge in [-0.1, -0.05) is 15.9 Å². The lowest BCUT2D eigenvalue weighted by atomic mass is 9.78. The molecule has 2 aromatic rings. The van der Waals surface area contributed by atoms with Gasteiger partial charge in [0.1, 0.15) is 5.82 Å². The SMILES string of the molecule is CCOC(=O)C(C(=O)OCC)C1CCc2c([nH]c3c(C(=O)O)cc(F)cc23)C1Br. The van der Waals surface area contributed by atoms with Crippen molar-refractivity contribution in [2.75, 3.05) is 13.2 Å². The maximum absolute atomic E-state index is 14.0. The second-order valence-electron chi connectivity index (χ2n) is 6.78. The van der Waals surface area contributed by atoms with Crippen LogP contribution in [0.25, 0.3) is 10.9 Å². The van der Waals surface area contributed by atoms with E-state index in [1.807, 2.05) is 0 Å². The number of aromatic carboxylic acids is 1. The number of aryl methyl sites for hydroxylation is 1. The number of alkyl halides is 1. The van der Waals surface area contributed by atoms with Gasteiger partial charge in [0.2, 0.25) is 0 Å². The molecule has 0 radical (unpaired) electrons. The first-order valence-electron chi connectivity index (χ1n) is 9.34. The van der Waals surface area contributed by atoms with E-state index in [0.29, 0.717) is 29.4 Å². The Kier molecular flexibility index (Phi) is 6.26. The van der Waals surface area contributed by atoms with Crippen molar-refractivity contribution in [3.63, 3.8) is 0 Å². The summed E-state index contributed by atoms with van der Waals surface area (Å²) in [6, 6.07) is 2.26. The first kappa shape index (κ1) is 21.3. The number of aromatic nitrogens is 1. The van der Waals surface area contributed by atoms with Crippen molar-refractivity contribution in [1.82, 2.24) is 4.98 Å². The average molecular weight is 470 g/mol. The fourth-order valence-corrected chi connectivity index (χ4v) is 4.89. The lowest BCUT2D eigenvalue weighted by molar-refractivity contribution is -0.164. The molecular formula is C20H21BrFNO6. The number of ether oxygens (including phenoxy) is 2. The Morgan fingerprint density at radius 2 is 1.86 bits per heavy atom. The standard InChI is InChI=1S/C20H21BrFNO6/c1-3-28-19(26)14(20(27)29-4-2)11-6-5-10-12-7-9(22)8-13(18(24)25)16(12)23-17(10)15(11)21/h7-8,11,14-15,23H,3-6H2,1-2H3,(H,24,25). The largest absolute Gasteiger partial charge is 0.478 e. The van der Waals surface area contributed by atoms with Crippen LogP contribution in [-0.2, 0) is 25.5 Å². The average Bonchev–Trinajstić information content (AvgIpc) is 3.03. The predicted molar refractivity (Wildman–Crippen MR) is 105 cm³/mol.